The molecule has 3 heterocycles. The van der Waals surface area contributed by atoms with E-state index in [2.05, 4.69) is 14.8 Å². The minimum Gasteiger partial charge on any atom is -0.432 e. The topological polar surface area (TPSA) is 85.8 Å². The Kier molecular flexibility index (Phi) is 5.96. The van der Waals surface area contributed by atoms with Crippen LogP contribution < -0.4 is 10.5 Å². The predicted molar refractivity (Wildman–Crippen MR) is 102 cm³/mol. The second-order valence-electron chi connectivity index (χ2n) is 7.34. The minimum absolute atomic E-state index is 0.0643. The van der Waals surface area contributed by atoms with Gasteiger partial charge in [0.2, 0.25) is 0 Å². The van der Waals surface area contributed by atoms with Crippen molar-refractivity contribution in [3.8, 4) is 5.75 Å². The van der Waals surface area contributed by atoms with Crippen LogP contribution in [0, 0.1) is 5.82 Å². The molecular weight excluding hydrogens is 437 g/mol. The molecule has 4 rings (SSSR count). The van der Waals surface area contributed by atoms with E-state index in [1.165, 1.54) is 33.8 Å². The van der Waals surface area contributed by atoms with Gasteiger partial charge in [0.25, 0.3) is 12.3 Å². The van der Waals surface area contributed by atoms with Gasteiger partial charge in [-0.2, -0.15) is 13.9 Å². The van der Waals surface area contributed by atoms with Crippen molar-refractivity contribution in [2.75, 3.05) is 13.1 Å². The third-order valence-electron chi connectivity index (χ3n) is 5.36. The molecule has 0 aliphatic carbocycles. The van der Waals surface area contributed by atoms with Crippen LogP contribution >= 0.6 is 0 Å². The summed E-state index contributed by atoms with van der Waals surface area (Å²) in [6.45, 7) is -2.88. The number of nitrogens with zero attached hydrogens (tertiary/aromatic N) is 4. The number of rotatable bonds is 5. The number of aromatic nitrogens is 3. The summed E-state index contributed by atoms with van der Waals surface area (Å²) in [7, 11) is 0. The zero-order valence-corrected chi connectivity index (χ0v) is 16.5. The van der Waals surface area contributed by atoms with Crippen molar-refractivity contribution in [1.29, 1.82) is 0 Å². The molecule has 0 bridgehead atoms. The molecule has 3 aromatic rings. The van der Waals surface area contributed by atoms with Crippen molar-refractivity contribution in [3.05, 3.63) is 59.3 Å². The summed E-state index contributed by atoms with van der Waals surface area (Å²) in [5, 5.41) is 4.13. The van der Waals surface area contributed by atoms with Gasteiger partial charge < -0.3 is 15.4 Å². The lowest BCUT2D eigenvalue weighted by Gasteiger charge is -2.37. The molecule has 1 aliphatic heterocycles. The Balaban J connectivity index is 1.62. The van der Waals surface area contributed by atoms with Gasteiger partial charge in [0.1, 0.15) is 5.69 Å². The van der Waals surface area contributed by atoms with Crippen LogP contribution in [0.2, 0.25) is 0 Å². The summed E-state index contributed by atoms with van der Waals surface area (Å²) < 4.78 is 70.8. The molecule has 1 aliphatic rings. The number of fused-ring (bicyclic) bond motifs is 1. The van der Waals surface area contributed by atoms with E-state index in [1.54, 1.807) is 0 Å². The number of likely N-dealkylation sites (tertiary alicyclic amines) is 1. The number of carbonyl (C=O) groups is 1. The smallest absolute Gasteiger partial charge is 0.387 e. The standard InChI is InChI=1S/C20H18F5N5O2/c21-12-7-10(1-2-16(12)32-20(24)25)19(31)29-6-4-13(26)11(9-29)15-8-14(18(22)23)28-17-3-5-27-30(15)17/h1-3,5,7-8,11,13,18,20H,4,6,9,26H2/t11-,13?/m1/s1. The Hall–Kier alpha value is -3.28. The highest BCUT2D eigenvalue weighted by Gasteiger charge is 2.33. The summed E-state index contributed by atoms with van der Waals surface area (Å²) in [6.07, 6.45) is -1.02. The van der Waals surface area contributed by atoms with Crippen molar-refractivity contribution in [3.63, 3.8) is 0 Å². The van der Waals surface area contributed by atoms with E-state index in [0.29, 0.717) is 12.1 Å². The number of alkyl halides is 4. The molecule has 32 heavy (non-hydrogen) atoms. The zero-order valence-electron chi connectivity index (χ0n) is 16.5. The zero-order chi connectivity index (χ0) is 23.0. The number of hydrogen-bond acceptors (Lipinski definition) is 5. The summed E-state index contributed by atoms with van der Waals surface area (Å²) in [4.78, 5) is 18.2. The Bertz CT molecular complexity index is 1140. The minimum atomic E-state index is -3.20. The maximum Gasteiger partial charge on any atom is 0.387 e. The van der Waals surface area contributed by atoms with Crippen molar-refractivity contribution >= 4 is 11.6 Å². The molecule has 7 nitrogen and oxygen atoms in total. The van der Waals surface area contributed by atoms with Gasteiger partial charge in [0.15, 0.2) is 17.2 Å². The monoisotopic (exact) mass is 455 g/mol. The first-order valence-electron chi connectivity index (χ1n) is 9.66. The first kappa shape index (κ1) is 21.9. The van der Waals surface area contributed by atoms with Crippen LogP contribution in [0.4, 0.5) is 22.0 Å². The van der Waals surface area contributed by atoms with E-state index in [4.69, 9.17) is 5.73 Å². The number of ether oxygens (including phenoxy) is 1. The molecular formula is C20H18F5N5O2. The van der Waals surface area contributed by atoms with Crippen molar-refractivity contribution in [1.82, 2.24) is 19.5 Å². The number of benzene rings is 1. The third-order valence-corrected chi connectivity index (χ3v) is 5.36. The Labute approximate surface area is 178 Å². The van der Waals surface area contributed by atoms with Gasteiger partial charge in [0, 0.05) is 36.7 Å². The van der Waals surface area contributed by atoms with Crippen LogP contribution in [0.1, 0.15) is 40.5 Å². The number of halogens is 5. The lowest BCUT2D eigenvalue weighted by molar-refractivity contribution is -0.0521. The van der Waals surface area contributed by atoms with Crippen LogP contribution in [0.5, 0.6) is 5.75 Å². The lowest BCUT2D eigenvalue weighted by Crippen LogP contribution is -2.48. The van der Waals surface area contributed by atoms with Gasteiger partial charge in [0.05, 0.1) is 11.9 Å². The molecule has 0 spiro atoms. The van der Waals surface area contributed by atoms with Gasteiger partial charge in [-0.05, 0) is 30.7 Å². The van der Waals surface area contributed by atoms with Crippen LogP contribution in [-0.2, 0) is 0 Å². The fraction of sp³-hybridized carbons (Fsp3) is 0.350. The molecule has 1 aromatic carbocycles. The summed E-state index contributed by atoms with van der Waals surface area (Å²) in [6, 6.07) is 5.21. The number of carbonyl (C=O) groups excluding carboxylic acids is 1. The highest BCUT2D eigenvalue weighted by atomic mass is 19.3. The lowest BCUT2D eigenvalue weighted by atomic mass is 9.89. The maximum atomic E-state index is 14.1. The maximum absolute atomic E-state index is 14.1. The normalized spacial score (nSPS) is 19.2. The number of hydrogen-bond donors (Lipinski definition) is 1. The van der Waals surface area contributed by atoms with E-state index in [-0.39, 0.29) is 24.3 Å². The van der Waals surface area contributed by atoms with Gasteiger partial charge in [-0.1, -0.05) is 0 Å². The third kappa shape index (κ3) is 4.22. The summed E-state index contributed by atoms with van der Waals surface area (Å²) in [5.74, 6) is -2.87. The van der Waals surface area contributed by atoms with E-state index in [9.17, 15) is 26.7 Å². The van der Waals surface area contributed by atoms with Crippen molar-refractivity contribution in [2.45, 2.75) is 31.4 Å². The largest absolute Gasteiger partial charge is 0.432 e. The van der Waals surface area contributed by atoms with Gasteiger partial charge in [-0.15, -0.1) is 0 Å². The van der Waals surface area contributed by atoms with E-state index < -0.39 is 48.2 Å². The van der Waals surface area contributed by atoms with Gasteiger partial charge in [-0.25, -0.2) is 22.7 Å². The molecule has 2 atom stereocenters. The van der Waals surface area contributed by atoms with Crippen LogP contribution in [0.3, 0.4) is 0 Å². The first-order chi connectivity index (χ1) is 15.2. The fourth-order valence-corrected chi connectivity index (χ4v) is 3.81. The molecule has 0 radical (unpaired) electrons. The molecule has 1 fully saturated rings. The molecule has 1 saturated heterocycles. The second-order valence-corrected chi connectivity index (χ2v) is 7.34. The first-order valence-corrected chi connectivity index (χ1v) is 9.66. The van der Waals surface area contributed by atoms with Crippen molar-refractivity contribution < 1.29 is 31.5 Å². The van der Waals surface area contributed by atoms with Crippen LogP contribution in [-0.4, -0.2) is 51.1 Å². The quantitative estimate of drug-likeness (QED) is 0.597. The summed E-state index contributed by atoms with van der Waals surface area (Å²) in [5.41, 5.74) is 6.37. The molecule has 2 N–H and O–H groups in total. The van der Waals surface area contributed by atoms with Crippen LogP contribution in [0.15, 0.2) is 36.5 Å². The molecule has 1 unspecified atom stereocenters. The fourth-order valence-electron chi connectivity index (χ4n) is 3.81. The highest BCUT2D eigenvalue weighted by Crippen LogP contribution is 2.30. The molecule has 2 aromatic heterocycles. The molecule has 12 heteroatoms. The van der Waals surface area contributed by atoms with Gasteiger partial charge in [-0.3, -0.25) is 4.79 Å². The molecule has 170 valence electrons. The van der Waals surface area contributed by atoms with Crippen molar-refractivity contribution in [2.24, 2.45) is 5.73 Å². The average molecular weight is 455 g/mol. The Morgan fingerprint density at radius 2 is 1.97 bits per heavy atom. The number of amides is 1. The van der Waals surface area contributed by atoms with E-state index in [0.717, 1.165) is 12.1 Å². The Morgan fingerprint density at radius 1 is 1.19 bits per heavy atom. The predicted octanol–water partition coefficient (Wildman–Crippen LogP) is 3.36. The Morgan fingerprint density at radius 3 is 2.66 bits per heavy atom. The average Bonchev–Trinajstić information content (AvgIpc) is 3.23. The van der Waals surface area contributed by atoms with Crippen LogP contribution in [0.25, 0.3) is 5.65 Å². The van der Waals surface area contributed by atoms with E-state index in [1.807, 2.05) is 0 Å². The summed E-state index contributed by atoms with van der Waals surface area (Å²) >= 11 is 0. The highest BCUT2D eigenvalue weighted by molar-refractivity contribution is 5.94. The molecule has 0 saturated carbocycles. The second kappa shape index (κ2) is 8.69. The number of piperidine rings is 1. The van der Waals surface area contributed by atoms with Gasteiger partial charge >= 0.3 is 6.61 Å². The SMILES string of the molecule is NC1CCN(C(=O)c2ccc(OC(F)F)c(F)c2)C[C@H]1c1cc(C(F)F)nc2ccnn12. The molecule has 1 amide bonds. The number of nitrogens with two attached hydrogens (primary N) is 1. The van der Waals surface area contributed by atoms with E-state index >= 15 is 0 Å².